The van der Waals surface area contributed by atoms with Gasteiger partial charge in [0, 0.05) is 10.9 Å². The van der Waals surface area contributed by atoms with Gasteiger partial charge in [-0.25, -0.2) is 8.42 Å². The van der Waals surface area contributed by atoms with Crippen molar-refractivity contribution in [3.63, 3.8) is 0 Å². The van der Waals surface area contributed by atoms with Crippen molar-refractivity contribution in [2.45, 2.75) is 16.7 Å². The minimum absolute atomic E-state index is 0.0736. The van der Waals surface area contributed by atoms with E-state index < -0.39 is 9.84 Å². The highest BCUT2D eigenvalue weighted by molar-refractivity contribution is 7.91. The summed E-state index contributed by atoms with van der Waals surface area (Å²) < 4.78 is 26.0. The predicted molar refractivity (Wildman–Crippen MR) is 86.0 cm³/mol. The Bertz CT molecular complexity index is 955. The summed E-state index contributed by atoms with van der Waals surface area (Å²) >= 11 is 0. The lowest BCUT2D eigenvalue weighted by molar-refractivity contribution is 0.112. The average molecular weight is 310 g/mol. The molecule has 22 heavy (non-hydrogen) atoms. The maximum atomic E-state index is 13.0. The molecule has 3 aromatic carbocycles. The van der Waals surface area contributed by atoms with Crippen LogP contribution in [0.5, 0.6) is 0 Å². The van der Waals surface area contributed by atoms with Gasteiger partial charge >= 0.3 is 0 Å². The number of aldehydes is 1. The minimum Gasteiger partial charge on any atom is -0.298 e. The van der Waals surface area contributed by atoms with Crippen LogP contribution in [-0.4, -0.2) is 14.7 Å². The lowest BCUT2D eigenvalue weighted by Crippen LogP contribution is -2.06. The van der Waals surface area contributed by atoms with Gasteiger partial charge in [-0.2, -0.15) is 0 Å². The SMILES string of the molecule is Cc1ccc(S(=O)(=O)c2c(C=O)ccc3ccccc23)cc1. The van der Waals surface area contributed by atoms with Gasteiger partial charge in [-0.1, -0.05) is 48.0 Å². The first kappa shape index (κ1) is 14.5. The number of carbonyl (C=O) groups is 1. The molecular formula is C18H14O3S. The lowest BCUT2D eigenvalue weighted by atomic mass is 10.1. The second-order valence-corrected chi connectivity index (χ2v) is 7.03. The van der Waals surface area contributed by atoms with Crippen molar-refractivity contribution in [2.75, 3.05) is 0 Å². The molecule has 0 saturated carbocycles. The Kier molecular flexibility index (Phi) is 3.54. The Morgan fingerprint density at radius 3 is 2.23 bits per heavy atom. The van der Waals surface area contributed by atoms with Gasteiger partial charge in [-0.3, -0.25) is 4.79 Å². The van der Waals surface area contributed by atoms with E-state index in [9.17, 15) is 13.2 Å². The third-order valence-electron chi connectivity index (χ3n) is 3.64. The van der Waals surface area contributed by atoms with Gasteiger partial charge in [0.15, 0.2) is 6.29 Å². The number of benzene rings is 3. The first-order valence-electron chi connectivity index (χ1n) is 6.83. The van der Waals surface area contributed by atoms with Gasteiger partial charge in [-0.15, -0.1) is 0 Å². The van der Waals surface area contributed by atoms with Crippen LogP contribution in [0.1, 0.15) is 15.9 Å². The molecule has 4 heteroatoms. The van der Waals surface area contributed by atoms with E-state index >= 15 is 0 Å². The Morgan fingerprint density at radius 2 is 1.55 bits per heavy atom. The zero-order valence-corrected chi connectivity index (χ0v) is 12.8. The molecule has 0 amide bonds. The van der Waals surface area contributed by atoms with E-state index in [1.165, 1.54) is 0 Å². The molecule has 3 rings (SSSR count). The molecule has 0 N–H and O–H groups in total. The maximum absolute atomic E-state index is 13.0. The van der Waals surface area contributed by atoms with Crippen LogP contribution in [0.15, 0.2) is 70.5 Å². The third-order valence-corrected chi connectivity index (χ3v) is 5.52. The fraction of sp³-hybridized carbons (Fsp3) is 0.0556. The molecule has 0 heterocycles. The number of hydrogen-bond acceptors (Lipinski definition) is 3. The molecule has 0 saturated heterocycles. The number of hydrogen-bond donors (Lipinski definition) is 0. The summed E-state index contributed by atoms with van der Waals surface area (Å²) in [6.07, 6.45) is 0.591. The summed E-state index contributed by atoms with van der Waals surface area (Å²) in [4.78, 5) is 11.6. The largest absolute Gasteiger partial charge is 0.298 e. The summed E-state index contributed by atoms with van der Waals surface area (Å²) in [7, 11) is -3.76. The van der Waals surface area contributed by atoms with Crippen LogP contribution < -0.4 is 0 Å². The topological polar surface area (TPSA) is 51.2 Å². The van der Waals surface area contributed by atoms with Crippen LogP contribution in [-0.2, 0) is 9.84 Å². The van der Waals surface area contributed by atoms with Crippen molar-refractivity contribution in [3.05, 3.63) is 71.8 Å². The quantitative estimate of drug-likeness (QED) is 0.692. The number of aryl methyl sites for hydroxylation is 1. The van der Waals surface area contributed by atoms with E-state index in [2.05, 4.69) is 0 Å². The maximum Gasteiger partial charge on any atom is 0.207 e. The van der Waals surface area contributed by atoms with Gasteiger partial charge in [-0.05, 0) is 30.5 Å². The van der Waals surface area contributed by atoms with Crippen LogP contribution in [0.2, 0.25) is 0 Å². The normalized spacial score (nSPS) is 11.5. The van der Waals surface area contributed by atoms with Crippen molar-refractivity contribution < 1.29 is 13.2 Å². The monoisotopic (exact) mass is 310 g/mol. The van der Waals surface area contributed by atoms with Gasteiger partial charge < -0.3 is 0 Å². The van der Waals surface area contributed by atoms with Crippen LogP contribution in [0.25, 0.3) is 10.8 Å². The molecule has 0 aromatic heterocycles. The van der Waals surface area contributed by atoms with Crippen molar-refractivity contribution in [3.8, 4) is 0 Å². The molecular weight excluding hydrogens is 296 g/mol. The van der Waals surface area contributed by atoms with E-state index in [0.717, 1.165) is 10.9 Å². The molecule has 0 unspecified atom stereocenters. The van der Waals surface area contributed by atoms with Crippen LogP contribution in [0.3, 0.4) is 0 Å². The van der Waals surface area contributed by atoms with Crippen molar-refractivity contribution in [1.82, 2.24) is 0 Å². The van der Waals surface area contributed by atoms with E-state index in [1.807, 2.05) is 19.1 Å². The average Bonchev–Trinajstić information content (AvgIpc) is 2.54. The minimum atomic E-state index is -3.76. The molecule has 3 aromatic rings. The van der Waals surface area contributed by atoms with Gasteiger partial charge in [0.05, 0.1) is 9.79 Å². The Balaban J connectivity index is 2.37. The molecule has 110 valence electrons. The second-order valence-electron chi connectivity index (χ2n) is 5.14. The van der Waals surface area contributed by atoms with E-state index in [4.69, 9.17) is 0 Å². The van der Waals surface area contributed by atoms with Crippen LogP contribution >= 0.6 is 0 Å². The molecule has 0 fully saturated rings. The van der Waals surface area contributed by atoms with Crippen molar-refractivity contribution in [1.29, 1.82) is 0 Å². The summed E-state index contributed by atoms with van der Waals surface area (Å²) in [5.41, 5.74) is 1.16. The second kappa shape index (κ2) is 5.39. The fourth-order valence-electron chi connectivity index (χ4n) is 2.49. The molecule has 0 bridgehead atoms. The molecule has 0 aliphatic rings. The first-order valence-corrected chi connectivity index (χ1v) is 8.31. The van der Waals surface area contributed by atoms with Crippen LogP contribution in [0.4, 0.5) is 0 Å². The molecule has 0 spiro atoms. The summed E-state index contributed by atoms with van der Waals surface area (Å²) in [6.45, 7) is 1.89. The first-order chi connectivity index (χ1) is 10.5. The van der Waals surface area contributed by atoms with E-state index in [0.29, 0.717) is 11.7 Å². The third kappa shape index (κ3) is 2.31. The van der Waals surface area contributed by atoms with E-state index in [-0.39, 0.29) is 15.4 Å². The van der Waals surface area contributed by atoms with Gasteiger partial charge in [0.25, 0.3) is 0 Å². The van der Waals surface area contributed by atoms with Gasteiger partial charge in [0.1, 0.15) is 0 Å². The van der Waals surface area contributed by atoms with Gasteiger partial charge in [0.2, 0.25) is 9.84 Å². The standard InChI is InChI=1S/C18H14O3S/c1-13-6-10-16(11-7-13)22(20,21)18-15(12-19)9-8-14-4-2-3-5-17(14)18/h2-12H,1H3. The fourth-order valence-corrected chi connectivity index (χ4v) is 4.12. The highest BCUT2D eigenvalue weighted by atomic mass is 32.2. The smallest absolute Gasteiger partial charge is 0.207 e. The lowest BCUT2D eigenvalue weighted by Gasteiger charge is -2.11. The summed E-state index contributed by atoms with van der Waals surface area (Å²) in [5, 5.41) is 1.35. The van der Waals surface area contributed by atoms with Crippen LogP contribution in [0, 0.1) is 6.92 Å². The molecule has 0 atom stereocenters. The zero-order chi connectivity index (χ0) is 15.7. The Labute approximate surface area is 129 Å². The Hall–Kier alpha value is -2.46. The van der Waals surface area contributed by atoms with Crippen molar-refractivity contribution >= 4 is 26.9 Å². The highest BCUT2D eigenvalue weighted by Crippen LogP contribution is 2.31. The molecule has 0 aliphatic carbocycles. The molecule has 0 radical (unpaired) electrons. The molecule has 0 aliphatic heterocycles. The highest BCUT2D eigenvalue weighted by Gasteiger charge is 2.23. The number of carbonyl (C=O) groups excluding carboxylic acids is 1. The number of sulfone groups is 1. The summed E-state index contributed by atoms with van der Waals surface area (Å²) in [6, 6.07) is 17.1. The number of fused-ring (bicyclic) bond motifs is 1. The molecule has 3 nitrogen and oxygen atoms in total. The predicted octanol–water partition coefficient (Wildman–Crippen LogP) is 3.79. The summed E-state index contributed by atoms with van der Waals surface area (Å²) in [5.74, 6) is 0. The zero-order valence-electron chi connectivity index (χ0n) is 12.0. The van der Waals surface area contributed by atoms with E-state index in [1.54, 1.807) is 48.5 Å². The van der Waals surface area contributed by atoms with Crippen molar-refractivity contribution in [2.24, 2.45) is 0 Å². The Morgan fingerprint density at radius 1 is 0.864 bits per heavy atom. The number of rotatable bonds is 3.